The van der Waals surface area contributed by atoms with Gasteiger partial charge in [0.25, 0.3) is 5.24 Å². The second-order valence-corrected chi connectivity index (χ2v) is 10.2. The van der Waals surface area contributed by atoms with Crippen LogP contribution >= 0.6 is 11.8 Å². The van der Waals surface area contributed by atoms with Gasteiger partial charge >= 0.3 is 0 Å². The fourth-order valence-electron chi connectivity index (χ4n) is 3.95. The quantitative estimate of drug-likeness (QED) is 0.535. The number of rotatable bonds is 8. The molecule has 0 saturated carbocycles. The first-order valence-corrected chi connectivity index (χ1v) is 12.0. The molecule has 1 aliphatic heterocycles. The third kappa shape index (κ3) is 5.52. The summed E-state index contributed by atoms with van der Waals surface area (Å²) in [5, 5.41) is 1.10. The molecule has 1 fully saturated rings. The van der Waals surface area contributed by atoms with Gasteiger partial charge in [-0.3, -0.25) is 19.9 Å². The van der Waals surface area contributed by atoms with E-state index in [9.17, 15) is 9.59 Å². The molecule has 0 radical (unpaired) electrons. The zero-order chi connectivity index (χ0) is 24.5. The van der Waals surface area contributed by atoms with Crippen LogP contribution in [0.15, 0.2) is 30.3 Å². The highest BCUT2D eigenvalue weighted by molar-refractivity contribution is 8.15. The molecule has 1 aromatic heterocycles. The first kappa shape index (κ1) is 22.8. The standard InChI is InChI=1S/C26H34N2O3S/c1-14(2)17(5)22-10-9-21(27-19(22)7)13-16(4)31-23-11-8-20(12-15(23)3)18(6)24-25(29)28-26(30)32-24/h8-12,14,16-18,24H,13H2,1-7H3,(H,28,29,30)/i18D. The molecule has 2 aromatic rings. The molecule has 0 aliphatic carbocycles. The summed E-state index contributed by atoms with van der Waals surface area (Å²) in [6.07, 6.45) is 0.612. The van der Waals surface area contributed by atoms with Crippen LogP contribution in [-0.4, -0.2) is 27.5 Å². The maximum Gasteiger partial charge on any atom is 0.286 e. The Balaban J connectivity index is 1.69. The lowest BCUT2D eigenvalue weighted by molar-refractivity contribution is -0.119. The van der Waals surface area contributed by atoms with Crippen molar-refractivity contribution in [1.82, 2.24) is 10.3 Å². The Kier molecular flexibility index (Phi) is 7.19. The molecule has 1 aliphatic rings. The molecule has 5 nitrogen and oxygen atoms in total. The maximum atomic E-state index is 12.1. The molecule has 0 spiro atoms. The van der Waals surface area contributed by atoms with Gasteiger partial charge in [-0.05, 0) is 61.4 Å². The second-order valence-electron chi connectivity index (χ2n) is 9.08. The van der Waals surface area contributed by atoms with Crippen LogP contribution in [0.3, 0.4) is 0 Å². The number of imide groups is 1. The Morgan fingerprint density at radius 1 is 1.12 bits per heavy atom. The number of nitrogens with zero attached hydrogens (tertiary/aromatic N) is 1. The molecule has 0 bridgehead atoms. The number of ether oxygens (including phenoxy) is 1. The van der Waals surface area contributed by atoms with Crippen LogP contribution < -0.4 is 10.1 Å². The van der Waals surface area contributed by atoms with Gasteiger partial charge in [0.2, 0.25) is 5.91 Å². The highest BCUT2D eigenvalue weighted by Gasteiger charge is 2.36. The van der Waals surface area contributed by atoms with Crippen molar-refractivity contribution in [2.75, 3.05) is 0 Å². The molecule has 172 valence electrons. The Morgan fingerprint density at radius 3 is 2.41 bits per heavy atom. The van der Waals surface area contributed by atoms with E-state index in [-0.39, 0.29) is 6.10 Å². The monoisotopic (exact) mass is 455 g/mol. The Hall–Kier alpha value is -2.34. The highest BCUT2D eigenvalue weighted by Crippen LogP contribution is 2.34. The fourth-order valence-corrected chi connectivity index (χ4v) is 4.80. The number of carbonyl (C=O) groups excluding carboxylic acids is 2. The lowest BCUT2D eigenvalue weighted by atomic mass is 9.89. The topological polar surface area (TPSA) is 68.3 Å². The predicted molar refractivity (Wildman–Crippen MR) is 131 cm³/mol. The summed E-state index contributed by atoms with van der Waals surface area (Å²) in [6, 6.07) is 9.80. The summed E-state index contributed by atoms with van der Waals surface area (Å²) in [5.41, 5.74) is 4.93. The second kappa shape index (κ2) is 10.1. The number of pyridine rings is 1. The first-order valence-electron chi connectivity index (χ1n) is 11.7. The minimum absolute atomic E-state index is 0.0778. The minimum atomic E-state index is -1.23. The van der Waals surface area contributed by atoms with Crippen molar-refractivity contribution in [3.05, 3.63) is 58.4 Å². The fraction of sp³-hybridized carbons (Fsp3) is 0.500. The minimum Gasteiger partial charge on any atom is -0.490 e. The summed E-state index contributed by atoms with van der Waals surface area (Å²) in [6.45, 7) is 14.4. The number of carbonyl (C=O) groups is 2. The van der Waals surface area contributed by atoms with Gasteiger partial charge in [0.15, 0.2) is 0 Å². The molecule has 2 heterocycles. The van der Waals surface area contributed by atoms with Gasteiger partial charge in [-0.25, -0.2) is 0 Å². The predicted octanol–water partition coefficient (Wildman–Crippen LogP) is 5.92. The average molecular weight is 456 g/mol. The van der Waals surface area contributed by atoms with Crippen molar-refractivity contribution in [3.63, 3.8) is 0 Å². The lowest BCUT2D eigenvalue weighted by Gasteiger charge is -2.21. The Bertz CT molecular complexity index is 1050. The third-order valence-electron chi connectivity index (χ3n) is 6.21. The van der Waals surface area contributed by atoms with Crippen LogP contribution in [-0.2, 0) is 11.2 Å². The molecule has 4 atom stereocenters. The summed E-state index contributed by atoms with van der Waals surface area (Å²) < 4.78 is 14.9. The zero-order valence-corrected chi connectivity index (χ0v) is 20.8. The van der Waals surface area contributed by atoms with E-state index in [0.29, 0.717) is 23.8 Å². The van der Waals surface area contributed by atoms with E-state index in [2.05, 4.69) is 45.1 Å². The zero-order valence-electron chi connectivity index (χ0n) is 21.0. The van der Waals surface area contributed by atoms with Gasteiger partial charge in [0.05, 0.1) is 5.25 Å². The number of thioether (sulfide) groups is 1. The van der Waals surface area contributed by atoms with Gasteiger partial charge in [-0.1, -0.05) is 57.7 Å². The van der Waals surface area contributed by atoms with Gasteiger partial charge in [0, 0.05) is 25.1 Å². The normalized spacial score (nSPS) is 20.5. The van der Waals surface area contributed by atoms with E-state index in [1.54, 1.807) is 6.92 Å². The molecule has 32 heavy (non-hydrogen) atoms. The van der Waals surface area contributed by atoms with Crippen LogP contribution in [0.4, 0.5) is 4.79 Å². The Labute approximate surface area is 197 Å². The van der Waals surface area contributed by atoms with Crippen molar-refractivity contribution in [1.29, 1.82) is 0 Å². The van der Waals surface area contributed by atoms with Crippen molar-refractivity contribution >= 4 is 22.9 Å². The molecule has 1 saturated heterocycles. The summed E-state index contributed by atoms with van der Waals surface area (Å²) in [5.74, 6) is 0.133. The smallest absolute Gasteiger partial charge is 0.286 e. The van der Waals surface area contributed by atoms with Gasteiger partial charge < -0.3 is 4.74 Å². The molecule has 4 unspecified atom stereocenters. The number of benzene rings is 1. The highest BCUT2D eigenvalue weighted by atomic mass is 32.2. The number of amides is 2. The third-order valence-corrected chi connectivity index (χ3v) is 7.33. The molecular formula is C26H34N2O3S. The van der Waals surface area contributed by atoms with Crippen molar-refractivity contribution in [3.8, 4) is 5.75 Å². The summed E-state index contributed by atoms with van der Waals surface area (Å²) in [4.78, 5) is 28.5. The first-order chi connectivity index (χ1) is 15.4. The number of aryl methyl sites for hydroxylation is 2. The van der Waals surface area contributed by atoms with Crippen molar-refractivity contribution < 1.29 is 15.7 Å². The van der Waals surface area contributed by atoms with Crippen molar-refractivity contribution in [2.45, 2.75) is 78.1 Å². The Morgan fingerprint density at radius 2 is 1.84 bits per heavy atom. The molecule has 6 heteroatoms. The largest absolute Gasteiger partial charge is 0.490 e. The molecular weight excluding hydrogens is 420 g/mol. The van der Waals surface area contributed by atoms with Gasteiger partial charge in [0.1, 0.15) is 11.9 Å². The van der Waals surface area contributed by atoms with E-state index in [4.69, 9.17) is 11.1 Å². The average Bonchev–Trinajstić information content (AvgIpc) is 3.07. The van der Waals surface area contributed by atoms with Crippen LogP contribution in [0.5, 0.6) is 5.75 Å². The van der Waals surface area contributed by atoms with E-state index < -0.39 is 22.3 Å². The van der Waals surface area contributed by atoms with Crippen LogP contribution in [0, 0.1) is 19.8 Å². The molecule has 1 aromatic carbocycles. The van der Waals surface area contributed by atoms with E-state index in [1.165, 1.54) is 5.56 Å². The summed E-state index contributed by atoms with van der Waals surface area (Å²) in [7, 11) is 0. The molecule has 1 N–H and O–H groups in total. The number of aromatic nitrogens is 1. The lowest BCUT2D eigenvalue weighted by Crippen LogP contribution is -2.27. The van der Waals surface area contributed by atoms with Crippen LogP contribution in [0.25, 0.3) is 0 Å². The number of hydrogen-bond donors (Lipinski definition) is 1. The molecule has 2 amide bonds. The molecule has 3 rings (SSSR count). The van der Waals surface area contributed by atoms with E-state index in [1.807, 2.05) is 32.0 Å². The number of hydrogen-bond acceptors (Lipinski definition) is 5. The van der Waals surface area contributed by atoms with E-state index in [0.717, 1.165) is 34.5 Å². The summed E-state index contributed by atoms with van der Waals surface area (Å²) >= 11 is 0.877. The maximum absolute atomic E-state index is 12.1. The van der Waals surface area contributed by atoms with Gasteiger partial charge in [-0.15, -0.1) is 0 Å². The van der Waals surface area contributed by atoms with Gasteiger partial charge in [-0.2, -0.15) is 0 Å². The van der Waals surface area contributed by atoms with Crippen LogP contribution in [0.1, 0.15) is 75.9 Å². The van der Waals surface area contributed by atoms with Crippen molar-refractivity contribution in [2.24, 2.45) is 5.92 Å². The number of nitrogens with one attached hydrogen (secondary N) is 1. The van der Waals surface area contributed by atoms with E-state index >= 15 is 0 Å². The SMILES string of the molecule is [2H]C(C)(c1ccc(OC(C)Cc2ccc(C(C)C(C)C)c(C)n2)c(C)c1)C1SC(=O)NC1=O. The van der Waals surface area contributed by atoms with Crippen LogP contribution in [0.2, 0.25) is 0 Å².